The second-order valence-corrected chi connectivity index (χ2v) is 7.12. The molecule has 3 aromatic rings. The van der Waals surface area contributed by atoms with E-state index in [1.807, 2.05) is 12.1 Å². The van der Waals surface area contributed by atoms with E-state index in [-0.39, 0.29) is 19.1 Å². The lowest BCUT2D eigenvalue weighted by molar-refractivity contribution is 0.102. The van der Waals surface area contributed by atoms with Crippen LogP contribution in [-0.2, 0) is 11.3 Å². The number of nitrogens with zero attached hydrogens (tertiary/aromatic N) is 3. The van der Waals surface area contributed by atoms with Crippen LogP contribution in [0.4, 0.5) is 10.5 Å². The Morgan fingerprint density at radius 3 is 2.61 bits per heavy atom. The molecule has 1 aliphatic heterocycles. The summed E-state index contributed by atoms with van der Waals surface area (Å²) in [6.07, 6.45) is 2.56. The Balaban J connectivity index is 1.51. The van der Waals surface area contributed by atoms with Gasteiger partial charge in [-0.3, -0.25) is 9.78 Å². The summed E-state index contributed by atoms with van der Waals surface area (Å²) in [5, 5.41) is 8.57. The number of rotatable bonds is 7. The molecule has 0 spiro atoms. The van der Waals surface area contributed by atoms with Crippen molar-refractivity contribution in [2.24, 2.45) is 5.10 Å². The van der Waals surface area contributed by atoms with Crippen molar-refractivity contribution in [1.29, 1.82) is 0 Å². The molecule has 0 unspecified atom stereocenters. The van der Waals surface area contributed by atoms with Crippen LogP contribution < -0.4 is 14.8 Å². The first kappa shape index (κ1) is 21.8. The number of aromatic nitrogens is 1. The predicted molar refractivity (Wildman–Crippen MR) is 122 cm³/mol. The van der Waals surface area contributed by atoms with Gasteiger partial charge in [-0.25, -0.2) is 4.79 Å². The number of anilines is 1. The number of hydrogen-bond acceptors (Lipinski definition) is 7. The quantitative estimate of drug-likeness (QED) is 0.594. The molecule has 2 amide bonds. The normalized spacial score (nSPS) is 13.1. The molecule has 0 saturated heterocycles. The van der Waals surface area contributed by atoms with E-state index in [2.05, 4.69) is 15.4 Å². The topological polar surface area (TPSA) is 102 Å². The third-order valence-electron chi connectivity index (χ3n) is 4.96. The van der Waals surface area contributed by atoms with Crippen LogP contribution in [0.3, 0.4) is 0 Å². The maximum atomic E-state index is 12.4. The number of carbonyl (C=O) groups excluding carboxylic acids is 2. The van der Waals surface area contributed by atoms with Gasteiger partial charge in [0.25, 0.3) is 5.91 Å². The number of pyridine rings is 1. The number of methoxy groups -OCH3 is 2. The number of amides is 2. The van der Waals surface area contributed by atoms with Gasteiger partial charge in [-0.1, -0.05) is 12.1 Å². The summed E-state index contributed by atoms with van der Waals surface area (Å²) in [5.74, 6) is 0.900. The molecule has 1 aromatic heterocycles. The number of benzene rings is 2. The maximum Gasteiger partial charge on any atom is 0.431 e. The highest BCUT2D eigenvalue weighted by atomic mass is 16.6. The smallest absolute Gasteiger partial charge is 0.431 e. The van der Waals surface area contributed by atoms with Gasteiger partial charge in [0.05, 0.1) is 20.8 Å². The van der Waals surface area contributed by atoms with E-state index >= 15 is 0 Å². The molecular weight excluding hydrogens is 424 g/mol. The number of cyclic esters (lactones) is 1. The molecule has 0 atom stereocenters. The van der Waals surface area contributed by atoms with Gasteiger partial charge in [0.2, 0.25) is 0 Å². The van der Waals surface area contributed by atoms with Crippen LogP contribution in [0, 0.1) is 0 Å². The van der Waals surface area contributed by atoms with Crippen LogP contribution in [0.1, 0.15) is 21.5 Å². The van der Waals surface area contributed by atoms with E-state index in [0.29, 0.717) is 28.5 Å². The van der Waals surface area contributed by atoms with E-state index < -0.39 is 6.09 Å². The van der Waals surface area contributed by atoms with Crippen molar-refractivity contribution in [3.8, 4) is 11.5 Å². The monoisotopic (exact) mass is 446 g/mol. The molecule has 168 valence electrons. The fraction of sp³-hybridized carbons (Fsp3) is 0.167. The average Bonchev–Trinajstić information content (AvgIpc) is 2.85. The summed E-state index contributed by atoms with van der Waals surface area (Å²) in [4.78, 5) is 28.6. The Labute approximate surface area is 190 Å². The van der Waals surface area contributed by atoms with Crippen LogP contribution >= 0.6 is 0 Å². The molecule has 1 N–H and O–H groups in total. The fourth-order valence-electron chi connectivity index (χ4n) is 3.30. The molecule has 0 saturated carbocycles. The number of nitrogens with one attached hydrogen (secondary N) is 1. The van der Waals surface area contributed by atoms with Crippen LogP contribution in [0.25, 0.3) is 0 Å². The van der Waals surface area contributed by atoms with E-state index in [4.69, 9.17) is 14.2 Å². The molecule has 0 aliphatic carbocycles. The third kappa shape index (κ3) is 5.09. The Morgan fingerprint density at radius 2 is 1.85 bits per heavy atom. The van der Waals surface area contributed by atoms with Gasteiger partial charge in [0, 0.05) is 29.2 Å². The van der Waals surface area contributed by atoms with Crippen LogP contribution in [-0.4, -0.2) is 48.5 Å². The second-order valence-electron chi connectivity index (χ2n) is 7.12. The molecule has 2 aromatic carbocycles. The van der Waals surface area contributed by atoms with Gasteiger partial charge in [-0.2, -0.15) is 10.1 Å². The van der Waals surface area contributed by atoms with Crippen LogP contribution in [0.2, 0.25) is 0 Å². The zero-order chi connectivity index (χ0) is 23.2. The highest BCUT2D eigenvalue weighted by Gasteiger charge is 2.24. The summed E-state index contributed by atoms with van der Waals surface area (Å²) in [6.45, 7) is 0.224. The molecular formula is C24H22N4O5. The predicted octanol–water partition coefficient (Wildman–Crippen LogP) is 3.71. The number of hydrazone groups is 1. The Hall–Kier alpha value is -4.40. The minimum absolute atomic E-state index is 0.0485. The summed E-state index contributed by atoms with van der Waals surface area (Å²) in [7, 11) is 3.11. The van der Waals surface area contributed by atoms with Crippen molar-refractivity contribution in [2.45, 2.75) is 6.54 Å². The minimum atomic E-state index is -0.551. The first-order valence-corrected chi connectivity index (χ1v) is 10.1. The standard InChI is InChI=1S/C24H22N4O5/c1-31-21-7-6-18(13-22(21)32-2)20-15-33-24(30)28(27-20)14-16-4-3-5-19(12-16)26-23(29)17-8-10-25-11-9-17/h3-13H,14-15H2,1-2H3,(H,26,29). The summed E-state index contributed by atoms with van der Waals surface area (Å²) in [6, 6.07) is 15.8. The zero-order valence-electron chi connectivity index (χ0n) is 18.1. The largest absolute Gasteiger partial charge is 0.493 e. The summed E-state index contributed by atoms with van der Waals surface area (Å²) >= 11 is 0. The Kier molecular flexibility index (Phi) is 6.49. The molecule has 0 fully saturated rings. The van der Waals surface area contributed by atoms with Crippen molar-refractivity contribution in [3.05, 3.63) is 83.7 Å². The van der Waals surface area contributed by atoms with Crippen molar-refractivity contribution in [3.63, 3.8) is 0 Å². The average molecular weight is 446 g/mol. The lowest BCUT2D eigenvalue weighted by Crippen LogP contribution is -2.35. The molecule has 0 bridgehead atoms. The van der Waals surface area contributed by atoms with Gasteiger partial charge < -0.3 is 19.5 Å². The van der Waals surface area contributed by atoms with E-state index in [0.717, 1.165) is 11.1 Å². The number of carbonyl (C=O) groups is 2. The van der Waals surface area contributed by atoms with Crippen LogP contribution in [0.5, 0.6) is 11.5 Å². The van der Waals surface area contributed by atoms with Gasteiger partial charge in [0.1, 0.15) is 12.3 Å². The van der Waals surface area contributed by atoms with Crippen molar-refractivity contribution >= 4 is 23.4 Å². The SMILES string of the molecule is COc1ccc(C2=NN(Cc3cccc(NC(=O)c4ccncc4)c3)C(=O)OC2)cc1OC. The maximum absolute atomic E-state index is 12.4. The lowest BCUT2D eigenvalue weighted by atomic mass is 10.1. The lowest BCUT2D eigenvalue weighted by Gasteiger charge is -2.24. The highest BCUT2D eigenvalue weighted by Crippen LogP contribution is 2.28. The highest BCUT2D eigenvalue weighted by molar-refractivity contribution is 6.04. The molecule has 1 aliphatic rings. The van der Waals surface area contributed by atoms with Gasteiger partial charge in [-0.15, -0.1) is 0 Å². The molecule has 9 nitrogen and oxygen atoms in total. The number of ether oxygens (including phenoxy) is 3. The molecule has 0 radical (unpaired) electrons. The molecule has 9 heteroatoms. The summed E-state index contributed by atoms with van der Waals surface area (Å²) < 4.78 is 15.9. The number of hydrogen-bond donors (Lipinski definition) is 1. The van der Waals surface area contributed by atoms with Crippen molar-refractivity contribution in [2.75, 3.05) is 26.1 Å². The van der Waals surface area contributed by atoms with Crippen molar-refractivity contribution in [1.82, 2.24) is 9.99 Å². The first-order chi connectivity index (χ1) is 16.1. The van der Waals surface area contributed by atoms with E-state index in [9.17, 15) is 9.59 Å². The first-order valence-electron chi connectivity index (χ1n) is 10.1. The van der Waals surface area contributed by atoms with E-state index in [1.165, 1.54) is 5.01 Å². The fourth-order valence-corrected chi connectivity index (χ4v) is 3.30. The van der Waals surface area contributed by atoms with E-state index in [1.54, 1.807) is 69.1 Å². The Morgan fingerprint density at radius 1 is 1.06 bits per heavy atom. The third-order valence-corrected chi connectivity index (χ3v) is 4.96. The molecule has 2 heterocycles. The molecule has 4 rings (SSSR count). The van der Waals surface area contributed by atoms with Gasteiger partial charge in [0.15, 0.2) is 11.5 Å². The second kappa shape index (κ2) is 9.82. The van der Waals surface area contributed by atoms with Crippen molar-refractivity contribution < 1.29 is 23.8 Å². The Bertz CT molecular complexity index is 1200. The summed E-state index contributed by atoms with van der Waals surface area (Å²) in [5.41, 5.74) is 3.21. The zero-order valence-corrected chi connectivity index (χ0v) is 18.1. The minimum Gasteiger partial charge on any atom is -0.493 e. The van der Waals surface area contributed by atoms with Gasteiger partial charge in [-0.05, 0) is 48.0 Å². The molecule has 33 heavy (non-hydrogen) atoms. The van der Waals surface area contributed by atoms with Gasteiger partial charge >= 0.3 is 6.09 Å². The van der Waals surface area contributed by atoms with Crippen LogP contribution in [0.15, 0.2) is 72.1 Å².